The van der Waals surface area contributed by atoms with E-state index in [2.05, 4.69) is 18.2 Å². The minimum atomic E-state index is 0. The van der Waals surface area contributed by atoms with Crippen LogP contribution in [0.4, 0.5) is 0 Å². The molecular formula is C11H20ClN. The monoisotopic (exact) mass is 201 g/mol. The van der Waals surface area contributed by atoms with Crippen molar-refractivity contribution in [1.82, 2.24) is 5.32 Å². The highest BCUT2D eigenvalue weighted by molar-refractivity contribution is 5.85. The van der Waals surface area contributed by atoms with Crippen molar-refractivity contribution < 1.29 is 0 Å². The molecule has 1 rings (SSSR count). The molecule has 13 heavy (non-hydrogen) atoms. The third kappa shape index (κ3) is 5.18. The first-order chi connectivity index (χ1) is 5.83. The highest BCUT2D eigenvalue weighted by Crippen LogP contribution is 2.23. The van der Waals surface area contributed by atoms with Crippen LogP contribution in [0.5, 0.6) is 0 Å². The largest absolute Gasteiger partial charge is 0.313 e. The molecule has 0 spiro atoms. The molecule has 0 unspecified atom stereocenters. The van der Waals surface area contributed by atoms with Gasteiger partial charge >= 0.3 is 0 Å². The van der Waals surface area contributed by atoms with Crippen molar-refractivity contribution in [2.45, 2.75) is 45.1 Å². The van der Waals surface area contributed by atoms with Gasteiger partial charge < -0.3 is 5.32 Å². The van der Waals surface area contributed by atoms with Crippen molar-refractivity contribution in [3.05, 3.63) is 0 Å². The highest BCUT2D eigenvalue weighted by atomic mass is 35.5. The van der Waals surface area contributed by atoms with E-state index >= 15 is 0 Å². The van der Waals surface area contributed by atoms with E-state index in [1.165, 1.54) is 25.7 Å². The minimum absolute atomic E-state index is 0. The van der Waals surface area contributed by atoms with Crippen molar-refractivity contribution in [2.75, 3.05) is 6.54 Å². The third-order valence-electron chi connectivity index (χ3n) is 2.72. The predicted octanol–water partition coefficient (Wildman–Crippen LogP) is 2.60. The van der Waals surface area contributed by atoms with Crippen molar-refractivity contribution in [2.24, 2.45) is 5.92 Å². The Hall–Kier alpha value is -0.190. The Bertz CT molecular complexity index is 154. The molecule has 0 radical (unpaired) electrons. The summed E-state index contributed by atoms with van der Waals surface area (Å²) >= 11 is 0. The lowest BCUT2D eigenvalue weighted by Gasteiger charge is -2.26. The van der Waals surface area contributed by atoms with Crippen molar-refractivity contribution in [1.29, 1.82) is 0 Å². The van der Waals surface area contributed by atoms with Crippen LogP contribution >= 0.6 is 12.4 Å². The average molecular weight is 202 g/mol. The van der Waals surface area contributed by atoms with E-state index in [0.717, 1.165) is 24.9 Å². The van der Waals surface area contributed by atoms with Gasteiger partial charge in [-0.3, -0.25) is 0 Å². The van der Waals surface area contributed by atoms with Crippen LogP contribution in [-0.2, 0) is 0 Å². The molecule has 0 aromatic rings. The molecule has 0 atom stereocenters. The molecule has 76 valence electrons. The van der Waals surface area contributed by atoms with Crippen LogP contribution in [0.3, 0.4) is 0 Å². The van der Waals surface area contributed by atoms with E-state index in [9.17, 15) is 0 Å². The summed E-state index contributed by atoms with van der Waals surface area (Å²) in [5.41, 5.74) is 0. The van der Waals surface area contributed by atoms with Crippen LogP contribution in [0, 0.1) is 18.3 Å². The minimum Gasteiger partial charge on any atom is -0.313 e. The lowest BCUT2D eigenvalue weighted by atomic mass is 9.87. The maximum absolute atomic E-state index is 5.18. The van der Waals surface area contributed by atoms with Gasteiger partial charge in [0.05, 0.1) is 0 Å². The van der Waals surface area contributed by atoms with Crippen LogP contribution in [0.25, 0.3) is 0 Å². The lowest BCUT2D eigenvalue weighted by Crippen LogP contribution is -2.33. The van der Waals surface area contributed by atoms with Crippen LogP contribution in [0.1, 0.15) is 39.0 Å². The van der Waals surface area contributed by atoms with Gasteiger partial charge in [-0.25, -0.2) is 0 Å². The SMILES string of the molecule is C#CCCN[C@H]1CC[C@H](C)CC1.Cl. The number of hydrogen-bond donors (Lipinski definition) is 1. The molecule has 0 heterocycles. The van der Waals surface area contributed by atoms with Crippen LogP contribution < -0.4 is 5.32 Å². The zero-order chi connectivity index (χ0) is 8.81. The fraction of sp³-hybridized carbons (Fsp3) is 0.818. The molecule has 0 aromatic heterocycles. The Morgan fingerprint density at radius 3 is 2.46 bits per heavy atom. The topological polar surface area (TPSA) is 12.0 Å². The summed E-state index contributed by atoms with van der Waals surface area (Å²) in [5, 5.41) is 3.50. The van der Waals surface area contributed by atoms with Crippen molar-refractivity contribution in [3.63, 3.8) is 0 Å². The molecule has 0 aliphatic heterocycles. The molecule has 0 amide bonds. The summed E-state index contributed by atoms with van der Waals surface area (Å²) < 4.78 is 0. The second-order valence-electron chi connectivity index (χ2n) is 3.87. The number of nitrogens with one attached hydrogen (secondary N) is 1. The van der Waals surface area contributed by atoms with E-state index in [-0.39, 0.29) is 12.4 Å². The summed E-state index contributed by atoms with van der Waals surface area (Å²) in [6.45, 7) is 3.34. The molecule has 1 fully saturated rings. The summed E-state index contributed by atoms with van der Waals surface area (Å²) in [6.07, 6.45) is 11.5. The Kier molecular flexibility index (Phi) is 7.13. The van der Waals surface area contributed by atoms with Gasteiger partial charge in [-0.1, -0.05) is 6.92 Å². The molecule has 0 aromatic carbocycles. The van der Waals surface area contributed by atoms with Gasteiger partial charge in [0.2, 0.25) is 0 Å². The van der Waals surface area contributed by atoms with Crippen LogP contribution in [0.15, 0.2) is 0 Å². The average Bonchev–Trinajstić information content (AvgIpc) is 2.09. The second kappa shape index (κ2) is 7.24. The zero-order valence-electron chi connectivity index (χ0n) is 8.38. The molecule has 1 N–H and O–H groups in total. The number of hydrogen-bond acceptors (Lipinski definition) is 1. The van der Waals surface area contributed by atoms with Crippen LogP contribution in [-0.4, -0.2) is 12.6 Å². The van der Waals surface area contributed by atoms with Crippen LogP contribution in [0.2, 0.25) is 0 Å². The van der Waals surface area contributed by atoms with Crippen molar-refractivity contribution in [3.8, 4) is 12.3 Å². The Labute approximate surface area is 88.1 Å². The molecule has 1 saturated carbocycles. The van der Waals surface area contributed by atoms with E-state index < -0.39 is 0 Å². The fourth-order valence-electron chi connectivity index (χ4n) is 1.81. The van der Waals surface area contributed by atoms with E-state index in [4.69, 9.17) is 6.42 Å². The normalized spacial score (nSPS) is 27.4. The van der Waals surface area contributed by atoms with E-state index in [1.54, 1.807) is 0 Å². The molecule has 0 bridgehead atoms. The summed E-state index contributed by atoms with van der Waals surface area (Å²) in [4.78, 5) is 0. The summed E-state index contributed by atoms with van der Waals surface area (Å²) in [5.74, 6) is 3.59. The zero-order valence-corrected chi connectivity index (χ0v) is 9.20. The van der Waals surface area contributed by atoms with Gasteiger partial charge in [-0.2, -0.15) is 0 Å². The van der Waals surface area contributed by atoms with Gasteiger partial charge in [0.25, 0.3) is 0 Å². The Balaban J connectivity index is 0.00000144. The quantitative estimate of drug-likeness (QED) is 0.547. The van der Waals surface area contributed by atoms with E-state index in [0.29, 0.717) is 0 Å². The molecule has 0 saturated heterocycles. The highest BCUT2D eigenvalue weighted by Gasteiger charge is 2.16. The standard InChI is InChI=1S/C11H19N.ClH/c1-3-4-9-12-11-7-5-10(2)6-8-11;/h1,10-12H,4-9H2,2H3;1H/t10-,11-;. The fourth-order valence-corrected chi connectivity index (χ4v) is 1.81. The predicted molar refractivity (Wildman–Crippen MR) is 60.1 cm³/mol. The molecule has 1 aliphatic rings. The third-order valence-corrected chi connectivity index (χ3v) is 2.72. The van der Waals surface area contributed by atoms with Gasteiger partial charge in [0, 0.05) is 19.0 Å². The van der Waals surface area contributed by atoms with E-state index in [1.807, 2.05) is 0 Å². The molecule has 2 heteroatoms. The summed E-state index contributed by atoms with van der Waals surface area (Å²) in [6, 6.07) is 0.745. The van der Waals surface area contributed by atoms with Gasteiger partial charge in [0.1, 0.15) is 0 Å². The lowest BCUT2D eigenvalue weighted by molar-refractivity contribution is 0.309. The Morgan fingerprint density at radius 2 is 1.92 bits per heavy atom. The first-order valence-electron chi connectivity index (χ1n) is 4.99. The van der Waals surface area contributed by atoms with Gasteiger partial charge in [-0.05, 0) is 31.6 Å². The maximum Gasteiger partial charge on any atom is 0.0211 e. The first kappa shape index (κ1) is 12.8. The number of rotatable bonds is 3. The van der Waals surface area contributed by atoms with Gasteiger partial charge in [-0.15, -0.1) is 24.8 Å². The summed E-state index contributed by atoms with van der Waals surface area (Å²) in [7, 11) is 0. The number of halogens is 1. The van der Waals surface area contributed by atoms with Gasteiger partial charge in [0.15, 0.2) is 0 Å². The number of terminal acetylenes is 1. The van der Waals surface area contributed by atoms with Crippen molar-refractivity contribution >= 4 is 12.4 Å². The first-order valence-corrected chi connectivity index (χ1v) is 4.99. The maximum atomic E-state index is 5.18. The smallest absolute Gasteiger partial charge is 0.0211 e. The molecule has 1 nitrogen and oxygen atoms in total. The molecule has 1 aliphatic carbocycles. The Morgan fingerprint density at radius 1 is 1.31 bits per heavy atom. The second-order valence-corrected chi connectivity index (χ2v) is 3.87. The molecular weight excluding hydrogens is 182 g/mol.